The Morgan fingerprint density at radius 2 is 1.88 bits per heavy atom. The fraction of sp³-hybridized carbons (Fsp3) is 0.333. The topological polar surface area (TPSA) is 61.8 Å². The van der Waals surface area contributed by atoms with Gasteiger partial charge in [0.2, 0.25) is 0 Å². The first-order chi connectivity index (χ1) is 12.2. The Morgan fingerprint density at radius 3 is 2.54 bits per heavy atom. The molecule has 1 aliphatic heterocycles. The van der Waals surface area contributed by atoms with Crippen LogP contribution in [0.15, 0.2) is 47.4 Å². The molecule has 2 atom stereocenters. The van der Waals surface area contributed by atoms with Gasteiger partial charge in [-0.2, -0.15) is 8.42 Å². The second-order valence-electron chi connectivity index (χ2n) is 6.17. The second-order valence-corrected chi connectivity index (χ2v) is 8.63. The quantitative estimate of drug-likeness (QED) is 0.679. The van der Waals surface area contributed by atoms with Gasteiger partial charge in [0.15, 0.2) is 5.79 Å². The summed E-state index contributed by atoms with van der Waals surface area (Å²) < 4.78 is 41.3. The van der Waals surface area contributed by atoms with Crippen molar-refractivity contribution in [2.45, 2.75) is 30.6 Å². The zero-order valence-corrected chi connectivity index (χ0v) is 16.6. The maximum absolute atomic E-state index is 12.3. The van der Waals surface area contributed by atoms with Gasteiger partial charge in [-0.3, -0.25) is 4.18 Å². The van der Waals surface area contributed by atoms with Gasteiger partial charge in [-0.25, -0.2) is 0 Å². The molecule has 1 aliphatic rings. The molecule has 8 heteroatoms. The number of aryl methyl sites for hydroxylation is 1. The summed E-state index contributed by atoms with van der Waals surface area (Å²) in [7, 11) is -3.86. The highest BCUT2D eigenvalue weighted by molar-refractivity contribution is 7.86. The van der Waals surface area contributed by atoms with Crippen LogP contribution in [0.4, 0.5) is 0 Å². The largest absolute Gasteiger partial charge is 0.343 e. The van der Waals surface area contributed by atoms with Gasteiger partial charge < -0.3 is 9.47 Å². The third kappa shape index (κ3) is 4.22. The molecule has 1 saturated heterocycles. The Kier molecular flexibility index (Phi) is 5.63. The zero-order valence-electron chi connectivity index (χ0n) is 14.2. The molecule has 2 aromatic carbocycles. The van der Waals surface area contributed by atoms with Crippen molar-refractivity contribution in [2.75, 3.05) is 13.2 Å². The summed E-state index contributed by atoms with van der Waals surface area (Å²) in [5.41, 5.74) is 1.58. The maximum atomic E-state index is 12.3. The first-order valence-electron chi connectivity index (χ1n) is 7.93. The molecule has 2 aromatic rings. The van der Waals surface area contributed by atoms with Crippen molar-refractivity contribution < 1.29 is 22.1 Å². The third-order valence-electron chi connectivity index (χ3n) is 4.08. The molecule has 0 saturated carbocycles. The highest BCUT2D eigenvalue weighted by atomic mass is 35.5. The predicted molar refractivity (Wildman–Crippen MR) is 99.0 cm³/mol. The summed E-state index contributed by atoms with van der Waals surface area (Å²) in [5, 5.41) is 0.915. The van der Waals surface area contributed by atoms with Crippen molar-refractivity contribution >= 4 is 33.3 Å². The van der Waals surface area contributed by atoms with E-state index >= 15 is 0 Å². The lowest BCUT2D eigenvalue weighted by molar-refractivity contribution is -0.164. The van der Waals surface area contributed by atoms with Crippen LogP contribution in [-0.2, 0) is 29.6 Å². The Balaban J connectivity index is 1.66. The van der Waals surface area contributed by atoms with Crippen LogP contribution in [0.3, 0.4) is 0 Å². The van der Waals surface area contributed by atoms with Crippen LogP contribution >= 0.6 is 23.2 Å². The summed E-state index contributed by atoms with van der Waals surface area (Å²) in [6, 6.07) is 11.4. The lowest BCUT2D eigenvalue weighted by Gasteiger charge is -2.25. The molecule has 1 unspecified atom stereocenters. The molecule has 5 nitrogen and oxygen atoms in total. The number of halogens is 2. The van der Waals surface area contributed by atoms with Crippen molar-refractivity contribution in [3.8, 4) is 0 Å². The summed E-state index contributed by atoms with van der Waals surface area (Å²) in [4.78, 5) is 0.102. The van der Waals surface area contributed by atoms with E-state index in [1.54, 1.807) is 37.3 Å². The van der Waals surface area contributed by atoms with Crippen molar-refractivity contribution in [2.24, 2.45) is 0 Å². The SMILES string of the molecule is Cc1ccc(S(=O)(=O)OCC2CO[C@@](C)(c3ccc(Cl)cc3Cl)O2)cc1. The molecule has 140 valence electrons. The van der Waals surface area contributed by atoms with E-state index in [4.69, 9.17) is 36.9 Å². The Bertz CT molecular complexity index is 898. The van der Waals surface area contributed by atoms with Gasteiger partial charge in [0.1, 0.15) is 6.10 Å². The van der Waals surface area contributed by atoms with Crippen molar-refractivity contribution in [3.63, 3.8) is 0 Å². The summed E-state index contributed by atoms with van der Waals surface area (Å²) in [6.45, 7) is 3.62. The fourth-order valence-corrected chi connectivity index (χ4v) is 4.17. The number of rotatable bonds is 5. The molecule has 1 fully saturated rings. The van der Waals surface area contributed by atoms with E-state index in [-0.39, 0.29) is 18.1 Å². The molecular formula is C18H18Cl2O5S. The predicted octanol–water partition coefficient (Wildman–Crippen LogP) is 4.30. The van der Waals surface area contributed by atoms with E-state index in [1.807, 2.05) is 6.92 Å². The van der Waals surface area contributed by atoms with E-state index in [1.165, 1.54) is 12.1 Å². The molecule has 3 rings (SSSR count). The molecule has 1 heterocycles. The average molecular weight is 417 g/mol. The Morgan fingerprint density at radius 1 is 1.19 bits per heavy atom. The van der Waals surface area contributed by atoms with Gasteiger partial charge in [0, 0.05) is 10.6 Å². The normalized spacial score (nSPS) is 23.3. The number of hydrogen-bond acceptors (Lipinski definition) is 5. The Hall–Kier alpha value is -1.15. The summed E-state index contributed by atoms with van der Waals surface area (Å²) in [6.07, 6.45) is -0.549. The zero-order chi connectivity index (χ0) is 18.9. The first-order valence-corrected chi connectivity index (χ1v) is 10.1. The van der Waals surface area contributed by atoms with E-state index in [0.29, 0.717) is 15.6 Å². The molecule has 26 heavy (non-hydrogen) atoms. The van der Waals surface area contributed by atoms with Crippen LogP contribution in [0.2, 0.25) is 10.0 Å². The third-order valence-corrected chi connectivity index (χ3v) is 5.92. The number of ether oxygens (including phenoxy) is 2. The highest BCUT2D eigenvalue weighted by Crippen LogP contribution is 2.38. The van der Waals surface area contributed by atoms with E-state index in [0.717, 1.165) is 5.56 Å². The van der Waals surface area contributed by atoms with Gasteiger partial charge in [-0.05, 0) is 38.1 Å². The van der Waals surface area contributed by atoms with Crippen molar-refractivity contribution in [1.82, 2.24) is 0 Å². The molecule has 0 aliphatic carbocycles. The van der Waals surface area contributed by atoms with Crippen LogP contribution in [-0.4, -0.2) is 27.7 Å². The van der Waals surface area contributed by atoms with Crippen LogP contribution < -0.4 is 0 Å². The van der Waals surface area contributed by atoms with Crippen LogP contribution in [0.1, 0.15) is 18.1 Å². The average Bonchev–Trinajstić information content (AvgIpc) is 2.96. The lowest BCUT2D eigenvalue weighted by atomic mass is 10.1. The minimum atomic E-state index is -3.86. The summed E-state index contributed by atoms with van der Waals surface area (Å²) in [5.74, 6) is -1.09. The van der Waals surface area contributed by atoms with Crippen LogP contribution in [0, 0.1) is 6.92 Å². The first kappa shape index (κ1) is 19.6. The monoisotopic (exact) mass is 416 g/mol. The molecular weight excluding hydrogens is 399 g/mol. The fourth-order valence-electron chi connectivity index (χ4n) is 2.66. The lowest BCUT2D eigenvalue weighted by Crippen LogP contribution is -2.26. The van der Waals surface area contributed by atoms with Gasteiger partial charge in [0.05, 0.1) is 23.1 Å². The summed E-state index contributed by atoms with van der Waals surface area (Å²) >= 11 is 12.1. The maximum Gasteiger partial charge on any atom is 0.297 e. The second kappa shape index (κ2) is 7.46. The van der Waals surface area contributed by atoms with Crippen LogP contribution in [0.25, 0.3) is 0 Å². The minimum Gasteiger partial charge on any atom is -0.343 e. The number of hydrogen-bond donors (Lipinski definition) is 0. The van der Waals surface area contributed by atoms with Gasteiger partial charge in [-0.15, -0.1) is 0 Å². The van der Waals surface area contributed by atoms with E-state index in [9.17, 15) is 8.42 Å². The minimum absolute atomic E-state index is 0.102. The molecule has 0 radical (unpaired) electrons. The molecule has 0 N–H and O–H groups in total. The van der Waals surface area contributed by atoms with Crippen molar-refractivity contribution in [1.29, 1.82) is 0 Å². The van der Waals surface area contributed by atoms with Gasteiger partial charge in [0.25, 0.3) is 10.1 Å². The van der Waals surface area contributed by atoms with Gasteiger partial charge in [-0.1, -0.05) is 47.0 Å². The molecule has 0 aromatic heterocycles. The van der Waals surface area contributed by atoms with E-state index in [2.05, 4.69) is 0 Å². The molecule has 0 amide bonds. The standard InChI is InChI=1S/C18H18Cl2O5S/c1-12-3-6-15(7-4-12)26(21,22)24-11-14-10-23-18(2,25-14)16-8-5-13(19)9-17(16)20/h3-9,14H,10-11H2,1-2H3/t14?,18-/m1/s1. The smallest absolute Gasteiger partial charge is 0.297 e. The highest BCUT2D eigenvalue weighted by Gasteiger charge is 2.41. The van der Waals surface area contributed by atoms with Crippen molar-refractivity contribution in [3.05, 3.63) is 63.6 Å². The molecule has 0 spiro atoms. The number of benzene rings is 2. The van der Waals surface area contributed by atoms with Gasteiger partial charge >= 0.3 is 0 Å². The van der Waals surface area contributed by atoms with E-state index < -0.39 is 22.0 Å². The molecule has 0 bridgehead atoms. The Labute approximate surface area is 162 Å². The van der Waals surface area contributed by atoms with Crippen LogP contribution in [0.5, 0.6) is 0 Å².